The lowest BCUT2D eigenvalue weighted by Crippen LogP contribution is -2.44. The molecule has 3 N–H and O–H groups in total. The highest BCUT2D eigenvalue weighted by Crippen LogP contribution is 1.98. The van der Waals surface area contributed by atoms with Crippen LogP contribution in [-0.2, 0) is 4.74 Å². The fourth-order valence-electron chi connectivity index (χ4n) is 1.48. The quantitative estimate of drug-likeness (QED) is 0.497. The average molecular weight is 174 g/mol. The molecule has 0 aliphatic carbocycles. The molecule has 0 radical (unpaired) electrons. The summed E-state index contributed by atoms with van der Waals surface area (Å²) in [4.78, 5) is 0. The monoisotopic (exact) mass is 174 g/mol. The molecule has 1 rings (SSSR count). The van der Waals surface area contributed by atoms with Gasteiger partial charge < -0.3 is 20.5 Å². The molecule has 72 valence electrons. The Morgan fingerprint density at radius 1 is 1.75 bits per heavy atom. The second-order valence-corrected chi connectivity index (χ2v) is 3.19. The first-order chi connectivity index (χ1) is 5.86. The van der Waals surface area contributed by atoms with Gasteiger partial charge in [-0.3, -0.25) is 0 Å². The summed E-state index contributed by atoms with van der Waals surface area (Å²) in [7, 11) is 1.65. The Labute approximate surface area is 73.3 Å². The third-order valence-corrected chi connectivity index (χ3v) is 2.12. The molecule has 1 fully saturated rings. The second kappa shape index (κ2) is 5.48. The van der Waals surface area contributed by atoms with Gasteiger partial charge in [0.15, 0.2) is 0 Å². The van der Waals surface area contributed by atoms with Crippen LogP contribution in [0.25, 0.3) is 0 Å². The van der Waals surface area contributed by atoms with Crippen LogP contribution in [-0.4, -0.2) is 50.6 Å². The Morgan fingerprint density at radius 3 is 3.08 bits per heavy atom. The number of rotatable bonds is 5. The molecule has 1 heterocycles. The first kappa shape index (κ1) is 9.92. The molecule has 1 aliphatic rings. The van der Waals surface area contributed by atoms with Crippen molar-refractivity contribution in [2.24, 2.45) is 0 Å². The summed E-state index contributed by atoms with van der Waals surface area (Å²) < 4.78 is 4.96. The summed E-state index contributed by atoms with van der Waals surface area (Å²) in [6.07, 6.45) is 1.14. The maximum Gasteiger partial charge on any atom is 0.0638 e. The van der Waals surface area contributed by atoms with Crippen LogP contribution in [0.4, 0.5) is 0 Å². The zero-order valence-electron chi connectivity index (χ0n) is 7.55. The summed E-state index contributed by atoms with van der Waals surface area (Å²) in [6, 6.07) is 0.581. The molecular weight excluding hydrogens is 156 g/mol. The van der Waals surface area contributed by atoms with Crippen LogP contribution in [0.3, 0.4) is 0 Å². The third kappa shape index (κ3) is 3.06. The predicted octanol–water partition coefficient (Wildman–Crippen LogP) is -1.05. The van der Waals surface area contributed by atoms with E-state index in [9.17, 15) is 0 Å². The molecular formula is C8H18N2O2. The molecule has 1 aliphatic heterocycles. The van der Waals surface area contributed by atoms with E-state index in [0.717, 1.165) is 19.5 Å². The van der Waals surface area contributed by atoms with Crippen LogP contribution in [0.2, 0.25) is 0 Å². The maximum absolute atomic E-state index is 8.95. The molecule has 4 heteroatoms. The van der Waals surface area contributed by atoms with Crippen molar-refractivity contribution >= 4 is 0 Å². The van der Waals surface area contributed by atoms with E-state index in [1.54, 1.807) is 7.11 Å². The van der Waals surface area contributed by atoms with E-state index in [1.807, 2.05) is 0 Å². The van der Waals surface area contributed by atoms with Gasteiger partial charge in [-0.1, -0.05) is 0 Å². The van der Waals surface area contributed by atoms with Crippen LogP contribution in [0.5, 0.6) is 0 Å². The minimum Gasteiger partial charge on any atom is -0.395 e. The van der Waals surface area contributed by atoms with Crippen molar-refractivity contribution in [3.63, 3.8) is 0 Å². The lowest BCUT2D eigenvalue weighted by Gasteiger charge is -2.19. The smallest absolute Gasteiger partial charge is 0.0638 e. The second-order valence-electron chi connectivity index (χ2n) is 3.19. The fourth-order valence-corrected chi connectivity index (χ4v) is 1.48. The highest BCUT2D eigenvalue weighted by atomic mass is 16.5. The maximum atomic E-state index is 8.95. The Hall–Kier alpha value is -0.160. The number of ether oxygens (including phenoxy) is 1. The lowest BCUT2D eigenvalue weighted by atomic mass is 10.2. The van der Waals surface area contributed by atoms with E-state index in [0.29, 0.717) is 12.6 Å². The molecule has 0 aromatic heterocycles. The van der Waals surface area contributed by atoms with Crippen molar-refractivity contribution in [1.29, 1.82) is 0 Å². The standard InChI is InChI=1S/C8H18N2O2/c1-12-6-8(5-11)10-7-2-3-9-4-7/h7-11H,2-6H2,1H3. The van der Waals surface area contributed by atoms with Crippen LogP contribution in [0, 0.1) is 0 Å². The molecule has 0 aromatic rings. The van der Waals surface area contributed by atoms with Gasteiger partial charge in [0.2, 0.25) is 0 Å². The van der Waals surface area contributed by atoms with Gasteiger partial charge in [0.1, 0.15) is 0 Å². The zero-order valence-corrected chi connectivity index (χ0v) is 7.55. The average Bonchev–Trinajstić information content (AvgIpc) is 2.56. The molecule has 0 saturated carbocycles. The molecule has 2 atom stereocenters. The van der Waals surface area contributed by atoms with Gasteiger partial charge in [-0.25, -0.2) is 0 Å². The number of aliphatic hydroxyl groups excluding tert-OH is 1. The van der Waals surface area contributed by atoms with E-state index in [4.69, 9.17) is 9.84 Å². The third-order valence-electron chi connectivity index (χ3n) is 2.12. The Bertz CT molecular complexity index is 116. The van der Waals surface area contributed by atoms with Crippen molar-refractivity contribution < 1.29 is 9.84 Å². The molecule has 0 spiro atoms. The molecule has 0 bridgehead atoms. The molecule has 2 unspecified atom stereocenters. The molecule has 0 amide bonds. The summed E-state index contributed by atoms with van der Waals surface area (Å²) >= 11 is 0. The molecule has 0 aromatic carbocycles. The van der Waals surface area contributed by atoms with Crippen molar-refractivity contribution in [2.75, 3.05) is 33.4 Å². The topological polar surface area (TPSA) is 53.5 Å². The van der Waals surface area contributed by atoms with Crippen molar-refractivity contribution in [1.82, 2.24) is 10.6 Å². The Balaban J connectivity index is 2.16. The summed E-state index contributed by atoms with van der Waals surface area (Å²) in [6.45, 7) is 2.79. The van der Waals surface area contributed by atoms with Gasteiger partial charge in [0.05, 0.1) is 19.3 Å². The largest absolute Gasteiger partial charge is 0.395 e. The van der Waals surface area contributed by atoms with Gasteiger partial charge in [0.25, 0.3) is 0 Å². The van der Waals surface area contributed by atoms with E-state index in [1.165, 1.54) is 0 Å². The van der Waals surface area contributed by atoms with Gasteiger partial charge in [-0.05, 0) is 13.0 Å². The fraction of sp³-hybridized carbons (Fsp3) is 1.00. The number of methoxy groups -OCH3 is 1. The highest BCUT2D eigenvalue weighted by molar-refractivity contribution is 4.80. The molecule has 12 heavy (non-hydrogen) atoms. The van der Waals surface area contributed by atoms with Crippen molar-refractivity contribution in [3.05, 3.63) is 0 Å². The zero-order chi connectivity index (χ0) is 8.81. The Kier molecular flexibility index (Phi) is 4.53. The summed E-state index contributed by atoms with van der Waals surface area (Å²) in [5.41, 5.74) is 0. The van der Waals surface area contributed by atoms with Gasteiger partial charge >= 0.3 is 0 Å². The van der Waals surface area contributed by atoms with E-state index in [-0.39, 0.29) is 12.6 Å². The van der Waals surface area contributed by atoms with E-state index in [2.05, 4.69) is 10.6 Å². The number of hydrogen-bond acceptors (Lipinski definition) is 4. The van der Waals surface area contributed by atoms with Crippen molar-refractivity contribution in [2.45, 2.75) is 18.5 Å². The van der Waals surface area contributed by atoms with Crippen LogP contribution >= 0.6 is 0 Å². The molecule has 1 saturated heterocycles. The summed E-state index contributed by atoms with van der Waals surface area (Å²) in [5.74, 6) is 0. The Morgan fingerprint density at radius 2 is 2.58 bits per heavy atom. The number of nitrogens with one attached hydrogen (secondary N) is 2. The normalized spacial score (nSPS) is 26.0. The lowest BCUT2D eigenvalue weighted by molar-refractivity contribution is 0.123. The summed E-state index contributed by atoms with van der Waals surface area (Å²) in [5, 5.41) is 15.5. The van der Waals surface area contributed by atoms with Gasteiger partial charge in [0, 0.05) is 19.7 Å². The SMILES string of the molecule is COCC(CO)NC1CCNC1. The minimum atomic E-state index is 0.0832. The van der Waals surface area contributed by atoms with Crippen LogP contribution in [0.15, 0.2) is 0 Å². The number of aliphatic hydroxyl groups is 1. The first-order valence-electron chi connectivity index (χ1n) is 4.43. The van der Waals surface area contributed by atoms with Gasteiger partial charge in [-0.15, -0.1) is 0 Å². The van der Waals surface area contributed by atoms with E-state index >= 15 is 0 Å². The van der Waals surface area contributed by atoms with Crippen LogP contribution < -0.4 is 10.6 Å². The number of hydrogen-bond donors (Lipinski definition) is 3. The predicted molar refractivity (Wildman–Crippen MR) is 47.2 cm³/mol. The van der Waals surface area contributed by atoms with Gasteiger partial charge in [-0.2, -0.15) is 0 Å². The van der Waals surface area contributed by atoms with Crippen LogP contribution in [0.1, 0.15) is 6.42 Å². The molecule has 4 nitrogen and oxygen atoms in total. The minimum absolute atomic E-state index is 0.0832. The van der Waals surface area contributed by atoms with Crippen molar-refractivity contribution in [3.8, 4) is 0 Å². The first-order valence-corrected chi connectivity index (χ1v) is 4.43. The highest BCUT2D eigenvalue weighted by Gasteiger charge is 2.17. The van der Waals surface area contributed by atoms with E-state index < -0.39 is 0 Å².